The van der Waals surface area contributed by atoms with Crippen molar-refractivity contribution in [2.45, 2.75) is 0 Å². The van der Waals surface area contributed by atoms with Gasteiger partial charge in [-0.25, -0.2) is 13.8 Å². The Balaban J connectivity index is 2.58. The molecule has 0 spiro atoms. The Hall–Kier alpha value is -2.04. The van der Waals surface area contributed by atoms with Crippen LogP contribution in [0.5, 0.6) is 0 Å². The van der Waals surface area contributed by atoms with Gasteiger partial charge in [-0.15, -0.1) is 0 Å². The molecule has 0 fully saturated rings. The van der Waals surface area contributed by atoms with Crippen molar-refractivity contribution in [2.24, 2.45) is 0 Å². The molecule has 0 aliphatic heterocycles. The lowest BCUT2D eigenvalue weighted by atomic mass is 10.1. The molecule has 0 amide bonds. The SMILES string of the molecule is CNc1cncc(-c2c(F)cccc2F)n1. The van der Waals surface area contributed by atoms with Gasteiger partial charge in [0.25, 0.3) is 0 Å². The molecule has 2 aromatic rings. The third-order valence-electron chi connectivity index (χ3n) is 2.11. The molecule has 16 heavy (non-hydrogen) atoms. The Bertz CT molecular complexity index is 494. The Labute approximate surface area is 91.2 Å². The van der Waals surface area contributed by atoms with E-state index in [2.05, 4.69) is 15.3 Å². The third kappa shape index (κ3) is 1.84. The molecular weight excluding hydrogens is 212 g/mol. The minimum atomic E-state index is -0.650. The minimum absolute atomic E-state index is 0.160. The number of anilines is 1. The lowest BCUT2D eigenvalue weighted by molar-refractivity contribution is 0.588. The van der Waals surface area contributed by atoms with Crippen LogP contribution < -0.4 is 5.32 Å². The van der Waals surface area contributed by atoms with Crippen molar-refractivity contribution < 1.29 is 8.78 Å². The molecule has 1 aromatic heterocycles. The minimum Gasteiger partial charge on any atom is -0.372 e. The highest BCUT2D eigenvalue weighted by molar-refractivity contribution is 5.61. The van der Waals surface area contributed by atoms with Crippen molar-refractivity contribution >= 4 is 5.82 Å². The predicted octanol–water partition coefficient (Wildman–Crippen LogP) is 2.46. The summed E-state index contributed by atoms with van der Waals surface area (Å²) >= 11 is 0. The van der Waals surface area contributed by atoms with Crippen LogP contribution >= 0.6 is 0 Å². The molecule has 5 heteroatoms. The number of halogens is 2. The molecule has 2 rings (SSSR count). The molecule has 3 nitrogen and oxygen atoms in total. The fourth-order valence-electron chi connectivity index (χ4n) is 1.35. The van der Waals surface area contributed by atoms with E-state index in [1.165, 1.54) is 30.6 Å². The zero-order valence-electron chi connectivity index (χ0n) is 8.54. The van der Waals surface area contributed by atoms with Crippen LogP contribution in [0, 0.1) is 11.6 Å². The molecule has 0 bridgehead atoms. The van der Waals surface area contributed by atoms with Crippen molar-refractivity contribution in [3.8, 4) is 11.3 Å². The highest BCUT2D eigenvalue weighted by atomic mass is 19.1. The normalized spacial score (nSPS) is 10.2. The van der Waals surface area contributed by atoms with Crippen molar-refractivity contribution in [2.75, 3.05) is 12.4 Å². The lowest BCUT2D eigenvalue weighted by Gasteiger charge is -2.05. The number of benzene rings is 1. The van der Waals surface area contributed by atoms with Gasteiger partial charge in [-0.1, -0.05) is 6.07 Å². The van der Waals surface area contributed by atoms with Gasteiger partial charge in [0.05, 0.1) is 23.7 Å². The fourth-order valence-corrected chi connectivity index (χ4v) is 1.35. The van der Waals surface area contributed by atoms with Gasteiger partial charge in [0, 0.05) is 7.05 Å². The largest absolute Gasteiger partial charge is 0.372 e. The molecule has 1 aromatic carbocycles. The van der Waals surface area contributed by atoms with Crippen LogP contribution in [0.3, 0.4) is 0 Å². The molecule has 82 valence electrons. The number of aromatic nitrogens is 2. The number of hydrogen-bond acceptors (Lipinski definition) is 3. The third-order valence-corrected chi connectivity index (χ3v) is 2.11. The van der Waals surface area contributed by atoms with E-state index < -0.39 is 11.6 Å². The van der Waals surface area contributed by atoms with Crippen molar-refractivity contribution in [1.82, 2.24) is 9.97 Å². The molecule has 0 aliphatic carbocycles. The summed E-state index contributed by atoms with van der Waals surface area (Å²) in [6.07, 6.45) is 2.80. The maximum absolute atomic E-state index is 13.4. The summed E-state index contributed by atoms with van der Waals surface area (Å²) in [6, 6.07) is 3.68. The predicted molar refractivity (Wildman–Crippen MR) is 56.9 cm³/mol. The molecule has 0 aliphatic rings. The smallest absolute Gasteiger partial charge is 0.144 e. The number of nitrogens with zero attached hydrogens (tertiary/aromatic N) is 2. The molecule has 0 unspecified atom stereocenters. The fraction of sp³-hybridized carbons (Fsp3) is 0.0909. The van der Waals surface area contributed by atoms with Crippen molar-refractivity contribution in [3.63, 3.8) is 0 Å². The van der Waals surface area contributed by atoms with E-state index in [-0.39, 0.29) is 11.3 Å². The first kappa shape index (κ1) is 10.5. The summed E-state index contributed by atoms with van der Waals surface area (Å²) in [6.45, 7) is 0. The second-order valence-corrected chi connectivity index (χ2v) is 3.14. The molecule has 1 N–H and O–H groups in total. The molecule has 0 radical (unpaired) electrons. The lowest BCUT2D eigenvalue weighted by Crippen LogP contribution is -1.98. The molecule has 0 atom stereocenters. The van der Waals surface area contributed by atoms with Crippen LogP contribution in [0.15, 0.2) is 30.6 Å². The Morgan fingerprint density at radius 2 is 1.81 bits per heavy atom. The first-order valence-corrected chi connectivity index (χ1v) is 4.66. The molecular formula is C11H9F2N3. The average molecular weight is 221 g/mol. The summed E-state index contributed by atoms with van der Waals surface area (Å²) in [5.74, 6) is -0.842. The van der Waals surface area contributed by atoms with Gasteiger partial charge in [-0.2, -0.15) is 0 Å². The van der Waals surface area contributed by atoms with E-state index in [1.54, 1.807) is 7.05 Å². The average Bonchev–Trinajstić information content (AvgIpc) is 2.29. The standard InChI is InChI=1S/C11H9F2N3/c1-14-10-6-15-5-9(16-10)11-7(12)3-2-4-8(11)13/h2-6H,1H3,(H,14,16). The Kier molecular flexibility index (Phi) is 2.76. The monoisotopic (exact) mass is 221 g/mol. The van der Waals surface area contributed by atoms with Crippen LogP contribution in [-0.2, 0) is 0 Å². The van der Waals surface area contributed by atoms with Gasteiger partial charge < -0.3 is 5.32 Å². The van der Waals surface area contributed by atoms with E-state index in [0.29, 0.717) is 5.82 Å². The highest BCUT2D eigenvalue weighted by Crippen LogP contribution is 2.24. The van der Waals surface area contributed by atoms with E-state index >= 15 is 0 Å². The number of rotatable bonds is 2. The summed E-state index contributed by atoms with van der Waals surface area (Å²) in [4.78, 5) is 7.89. The first-order valence-electron chi connectivity index (χ1n) is 4.66. The van der Waals surface area contributed by atoms with Crippen LogP contribution in [0.2, 0.25) is 0 Å². The van der Waals surface area contributed by atoms with Crippen LogP contribution in [0.1, 0.15) is 0 Å². The first-order chi connectivity index (χ1) is 7.72. The molecule has 1 heterocycles. The van der Waals surface area contributed by atoms with Crippen LogP contribution in [0.4, 0.5) is 14.6 Å². The van der Waals surface area contributed by atoms with Gasteiger partial charge in [0.2, 0.25) is 0 Å². The summed E-state index contributed by atoms with van der Waals surface area (Å²) < 4.78 is 26.9. The summed E-state index contributed by atoms with van der Waals surface area (Å²) in [5, 5.41) is 2.76. The zero-order chi connectivity index (χ0) is 11.5. The van der Waals surface area contributed by atoms with Gasteiger partial charge in [-0.05, 0) is 12.1 Å². The number of nitrogens with one attached hydrogen (secondary N) is 1. The van der Waals surface area contributed by atoms with Crippen molar-refractivity contribution in [1.29, 1.82) is 0 Å². The maximum Gasteiger partial charge on any atom is 0.144 e. The number of hydrogen-bond donors (Lipinski definition) is 1. The maximum atomic E-state index is 13.4. The van der Waals surface area contributed by atoms with E-state index in [1.807, 2.05) is 0 Å². The molecule has 0 saturated carbocycles. The second-order valence-electron chi connectivity index (χ2n) is 3.14. The quantitative estimate of drug-likeness (QED) is 0.846. The van der Waals surface area contributed by atoms with Gasteiger partial charge in [-0.3, -0.25) is 4.98 Å². The van der Waals surface area contributed by atoms with Gasteiger partial charge in [0.15, 0.2) is 0 Å². The van der Waals surface area contributed by atoms with E-state index in [4.69, 9.17) is 0 Å². The van der Waals surface area contributed by atoms with Gasteiger partial charge in [0.1, 0.15) is 17.5 Å². The topological polar surface area (TPSA) is 37.8 Å². The van der Waals surface area contributed by atoms with E-state index in [0.717, 1.165) is 0 Å². The van der Waals surface area contributed by atoms with E-state index in [9.17, 15) is 8.78 Å². The summed E-state index contributed by atoms with van der Waals surface area (Å²) in [5.41, 5.74) is 0.00884. The summed E-state index contributed by atoms with van der Waals surface area (Å²) in [7, 11) is 1.66. The Morgan fingerprint density at radius 1 is 1.12 bits per heavy atom. The van der Waals surface area contributed by atoms with Crippen LogP contribution in [-0.4, -0.2) is 17.0 Å². The van der Waals surface area contributed by atoms with Gasteiger partial charge >= 0.3 is 0 Å². The Morgan fingerprint density at radius 3 is 2.44 bits per heavy atom. The molecule has 0 saturated heterocycles. The second kappa shape index (κ2) is 4.22. The highest BCUT2D eigenvalue weighted by Gasteiger charge is 2.12. The van der Waals surface area contributed by atoms with Crippen molar-refractivity contribution in [3.05, 3.63) is 42.2 Å². The van der Waals surface area contributed by atoms with Crippen LogP contribution in [0.25, 0.3) is 11.3 Å². The zero-order valence-corrected chi connectivity index (χ0v) is 8.54.